The van der Waals surface area contributed by atoms with Crippen molar-refractivity contribution in [2.75, 3.05) is 14.2 Å². The van der Waals surface area contributed by atoms with Crippen LogP contribution < -0.4 is 0 Å². The Kier molecular flexibility index (Phi) is 3.59. The van der Waals surface area contributed by atoms with E-state index in [9.17, 15) is 9.59 Å². The van der Waals surface area contributed by atoms with E-state index in [0.717, 1.165) is 11.1 Å². The lowest BCUT2D eigenvalue weighted by Gasteiger charge is -2.15. The highest BCUT2D eigenvalue weighted by molar-refractivity contribution is 6.14. The van der Waals surface area contributed by atoms with E-state index in [1.165, 1.54) is 14.2 Å². The maximum absolute atomic E-state index is 12.2. The third kappa shape index (κ3) is 2.09. The largest absolute Gasteiger partial charge is 0.349 e. The topological polar surface area (TPSA) is 52.6 Å². The first-order valence-corrected chi connectivity index (χ1v) is 5.81. The second-order valence-corrected chi connectivity index (χ2v) is 4.49. The molecule has 1 atom stereocenters. The Balaban J connectivity index is 2.26. The number of hydrogen-bond acceptors (Lipinski definition) is 4. The molecule has 0 heterocycles. The van der Waals surface area contributed by atoms with Gasteiger partial charge in [0.05, 0.1) is 5.92 Å². The van der Waals surface area contributed by atoms with Crippen LogP contribution in [0, 0.1) is 12.8 Å². The quantitative estimate of drug-likeness (QED) is 0.599. The minimum absolute atomic E-state index is 0.127. The summed E-state index contributed by atoms with van der Waals surface area (Å²) in [5.74, 6) is -1.11. The summed E-state index contributed by atoms with van der Waals surface area (Å²) >= 11 is 0. The lowest BCUT2D eigenvalue weighted by molar-refractivity contribution is -0.159. The van der Waals surface area contributed by atoms with Gasteiger partial charge in [-0.25, -0.2) is 0 Å². The monoisotopic (exact) mass is 248 g/mol. The number of hydrogen-bond donors (Lipinski definition) is 0. The van der Waals surface area contributed by atoms with Crippen LogP contribution in [0.15, 0.2) is 18.2 Å². The Hall–Kier alpha value is -1.52. The molecule has 4 nitrogen and oxygen atoms in total. The number of methoxy groups -OCH3 is 2. The van der Waals surface area contributed by atoms with Gasteiger partial charge >= 0.3 is 0 Å². The summed E-state index contributed by atoms with van der Waals surface area (Å²) in [4.78, 5) is 24.3. The predicted molar refractivity (Wildman–Crippen MR) is 65.5 cm³/mol. The maximum Gasteiger partial charge on any atom is 0.218 e. The minimum Gasteiger partial charge on any atom is -0.349 e. The molecule has 4 heteroatoms. The molecule has 2 rings (SSSR count). The van der Waals surface area contributed by atoms with Gasteiger partial charge in [-0.1, -0.05) is 17.7 Å². The van der Waals surface area contributed by atoms with Gasteiger partial charge in [0.15, 0.2) is 11.6 Å². The number of Topliss-reactive ketones (excluding diaryl/α,β-unsaturated/α-hetero) is 2. The lowest BCUT2D eigenvalue weighted by Crippen LogP contribution is -2.34. The zero-order valence-electron chi connectivity index (χ0n) is 10.7. The molecule has 18 heavy (non-hydrogen) atoms. The molecule has 0 bridgehead atoms. The third-order valence-electron chi connectivity index (χ3n) is 3.28. The highest BCUT2D eigenvalue weighted by Crippen LogP contribution is 2.29. The van der Waals surface area contributed by atoms with E-state index in [2.05, 4.69) is 0 Å². The Labute approximate surface area is 106 Å². The molecule has 0 amide bonds. The molecule has 1 aromatic rings. The highest BCUT2D eigenvalue weighted by Gasteiger charge is 2.39. The zero-order chi connectivity index (χ0) is 13.3. The normalized spacial score (nSPS) is 18.2. The standard InChI is InChI=1S/C14H16O4/c1-8-4-5-9-7-11(12(15)10(9)6-8)13(16)14(17-2)18-3/h4-6,11,14H,7H2,1-3H3. The summed E-state index contributed by atoms with van der Waals surface area (Å²) in [5.41, 5.74) is 2.60. The van der Waals surface area contributed by atoms with Gasteiger partial charge in [-0.15, -0.1) is 0 Å². The van der Waals surface area contributed by atoms with Crippen LogP contribution in [-0.4, -0.2) is 32.1 Å². The fraction of sp³-hybridized carbons (Fsp3) is 0.429. The van der Waals surface area contributed by atoms with Crippen LogP contribution in [0.2, 0.25) is 0 Å². The molecular weight excluding hydrogens is 232 g/mol. The Morgan fingerprint density at radius 1 is 1.33 bits per heavy atom. The first-order chi connectivity index (χ1) is 8.58. The maximum atomic E-state index is 12.2. The predicted octanol–water partition coefficient (Wildman–Crippen LogP) is 1.54. The highest BCUT2D eigenvalue weighted by atomic mass is 16.7. The number of ether oxygens (including phenoxy) is 2. The third-order valence-corrected chi connectivity index (χ3v) is 3.28. The summed E-state index contributed by atoms with van der Waals surface area (Å²) < 4.78 is 9.84. The summed E-state index contributed by atoms with van der Waals surface area (Å²) in [5, 5.41) is 0. The van der Waals surface area contributed by atoms with Gasteiger partial charge in [0, 0.05) is 19.8 Å². The van der Waals surface area contributed by atoms with E-state index in [1.54, 1.807) is 0 Å². The fourth-order valence-corrected chi connectivity index (χ4v) is 2.32. The first kappa shape index (κ1) is 12.9. The van der Waals surface area contributed by atoms with E-state index in [-0.39, 0.29) is 11.6 Å². The van der Waals surface area contributed by atoms with Gasteiger partial charge in [0.25, 0.3) is 0 Å². The number of fused-ring (bicyclic) bond motifs is 1. The van der Waals surface area contributed by atoms with E-state index in [1.807, 2.05) is 25.1 Å². The van der Waals surface area contributed by atoms with Crippen molar-refractivity contribution in [2.45, 2.75) is 19.6 Å². The van der Waals surface area contributed by atoms with Crippen molar-refractivity contribution >= 4 is 11.6 Å². The van der Waals surface area contributed by atoms with Crippen molar-refractivity contribution in [3.05, 3.63) is 34.9 Å². The Morgan fingerprint density at radius 2 is 2.00 bits per heavy atom. The summed E-state index contributed by atoms with van der Waals surface area (Å²) in [6.45, 7) is 1.93. The van der Waals surface area contributed by atoms with Crippen LogP contribution >= 0.6 is 0 Å². The summed E-state index contributed by atoms with van der Waals surface area (Å²) in [6.07, 6.45) is -0.523. The average Bonchev–Trinajstić information content (AvgIpc) is 2.68. The molecule has 96 valence electrons. The van der Waals surface area contributed by atoms with Crippen molar-refractivity contribution in [3.63, 3.8) is 0 Å². The molecule has 0 aromatic heterocycles. The summed E-state index contributed by atoms with van der Waals surface area (Å²) in [6, 6.07) is 5.69. The second kappa shape index (κ2) is 5.00. The van der Waals surface area contributed by atoms with Gasteiger partial charge in [-0.2, -0.15) is 0 Å². The van der Waals surface area contributed by atoms with Crippen LogP contribution in [0.1, 0.15) is 21.5 Å². The number of benzene rings is 1. The zero-order valence-corrected chi connectivity index (χ0v) is 10.7. The van der Waals surface area contributed by atoms with Crippen molar-refractivity contribution in [1.82, 2.24) is 0 Å². The minimum atomic E-state index is -0.964. The SMILES string of the molecule is COC(OC)C(=O)C1Cc2ccc(C)cc2C1=O. The van der Waals surface area contributed by atoms with E-state index >= 15 is 0 Å². The van der Waals surface area contributed by atoms with E-state index in [4.69, 9.17) is 9.47 Å². The number of carbonyl (C=O) groups excluding carboxylic acids is 2. The molecular formula is C14H16O4. The van der Waals surface area contributed by atoms with Gasteiger partial charge < -0.3 is 9.47 Å². The second-order valence-electron chi connectivity index (χ2n) is 4.49. The average molecular weight is 248 g/mol. The molecule has 0 fully saturated rings. The Bertz CT molecular complexity index is 489. The fourth-order valence-electron chi connectivity index (χ4n) is 2.32. The van der Waals surface area contributed by atoms with E-state index < -0.39 is 12.2 Å². The molecule has 0 spiro atoms. The van der Waals surface area contributed by atoms with Gasteiger partial charge in [-0.05, 0) is 25.0 Å². The van der Waals surface area contributed by atoms with Gasteiger partial charge in [-0.3, -0.25) is 9.59 Å². The summed E-state index contributed by atoms with van der Waals surface area (Å²) in [7, 11) is 2.78. The van der Waals surface area contributed by atoms with Crippen LogP contribution in [-0.2, 0) is 20.7 Å². The molecule has 1 unspecified atom stereocenters. The molecule has 1 aliphatic rings. The molecule has 0 saturated carbocycles. The molecule has 0 aliphatic heterocycles. The molecule has 0 saturated heterocycles. The van der Waals surface area contributed by atoms with Crippen LogP contribution in [0.4, 0.5) is 0 Å². The molecule has 0 N–H and O–H groups in total. The van der Waals surface area contributed by atoms with Crippen molar-refractivity contribution in [2.24, 2.45) is 5.92 Å². The molecule has 0 radical (unpaired) electrons. The molecule has 1 aromatic carbocycles. The number of ketones is 2. The number of aryl methyl sites for hydroxylation is 1. The molecule has 1 aliphatic carbocycles. The van der Waals surface area contributed by atoms with Crippen LogP contribution in [0.3, 0.4) is 0 Å². The lowest BCUT2D eigenvalue weighted by atomic mass is 9.99. The van der Waals surface area contributed by atoms with Crippen LogP contribution in [0.25, 0.3) is 0 Å². The number of carbonyl (C=O) groups is 2. The Morgan fingerprint density at radius 3 is 2.61 bits per heavy atom. The van der Waals surface area contributed by atoms with Gasteiger partial charge in [0.1, 0.15) is 0 Å². The van der Waals surface area contributed by atoms with Crippen molar-refractivity contribution in [1.29, 1.82) is 0 Å². The van der Waals surface area contributed by atoms with Gasteiger partial charge in [0.2, 0.25) is 6.29 Å². The smallest absolute Gasteiger partial charge is 0.218 e. The van der Waals surface area contributed by atoms with E-state index in [0.29, 0.717) is 12.0 Å². The van der Waals surface area contributed by atoms with Crippen LogP contribution in [0.5, 0.6) is 0 Å². The number of rotatable bonds is 4. The van der Waals surface area contributed by atoms with Crippen molar-refractivity contribution in [3.8, 4) is 0 Å². The van der Waals surface area contributed by atoms with Crippen molar-refractivity contribution < 1.29 is 19.1 Å². The first-order valence-electron chi connectivity index (χ1n) is 5.81.